The van der Waals surface area contributed by atoms with Crippen molar-refractivity contribution in [1.82, 2.24) is 4.98 Å². The average Bonchev–Trinajstić information content (AvgIpc) is 2.26. The van der Waals surface area contributed by atoms with E-state index < -0.39 is 17.1 Å². The molecule has 0 spiro atoms. The molecule has 1 heterocycles. The zero-order valence-corrected chi connectivity index (χ0v) is 11.9. The fraction of sp³-hybridized carbons (Fsp3) is 0.500. The molecule has 1 amide bonds. The van der Waals surface area contributed by atoms with E-state index in [1.165, 1.54) is 0 Å². The van der Waals surface area contributed by atoms with Gasteiger partial charge < -0.3 is 4.74 Å². The van der Waals surface area contributed by atoms with Gasteiger partial charge in [-0.05, 0) is 52.3 Å². The molecule has 1 aromatic rings. The van der Waals surface area contributed by atoms with E-state index >= 15 is 0 Å². The minimum atomic E-state index is -0.632. The predicted molar refractivity (Wildman–Crippen MR) is 72.7 cm³/mol. The summed E-state index contributed by atoms with van der Waals surface area (Å²) >= 11 is 0. The first-order chi connectivity index (χ1) is 8.64. The van der Waals surface area contributed by atoms with Crippen LogP contribution in [-0.2, 0) is 10.2 Å². The smallest absolute Gasteiger partial charge is 0.413 e. The normalized spacial score (nSPS) is 11.6. The van der Waals surface area contributed by atoms with Crippen molar-refractivity contribution >= 4 is 11.9 Å². The number of ether oxygens (including phenoxy) is 1. The van der Waals surface area contributed by atoms with E-state index in [1.807, 2.05) is 0 Å². The summed E-state index contributed by atoms with van der Waals surface area (Å²) in [5.41, 5.74) is -0.406. The first kappa shape index (κ1) is 15.0. The van der Waals surface area contributed by atoms with Crippen molar-refractivity contribution in [1.29, 1.82) is 5.26 Å². The van der Waals surface area contributed by atoms with Gasteiger partial charge in [0.15, 0.2) is 0 Å². The van der Waals surface area contributed by atoms with Crippen molar-refractivity contribution < 1.29 is 9.53 Å². The Morgan fingerprint density at radius 1 is 1.37 bits per heavy atom. The van der Waals surface area contributed by atoms with Crippen LogP contribution in [0.1, 0.15) is 40.2 Å². The molecule has 1 rings (SSSR count). The summed E-state index contributed by atoms with van der Waals surface area (Å²) in [5, 5.41) is 11.6. The Hall–Kier alpha value is -2.09. The fourth-order valence-electron chi connectivity index (χ4n) is 1.36. The van der Waals surface area contributed by atoms with Crippen molar-refractivity contribution in [2.24, 2.45) is 0 Å². The van der Waals surface area contributed by atoms with Crippen LogP contribution in [0.15, 0.2) is 18.3 Å². The number of hydrogen-bond acceptors (Lipinski definition) is 4. The van der Waals surface area contributed by atoms with Crippen LogP contribution in [0.2, 0.25) is 0 Å². The van der Waals surface area contributed by atoms with Crippen molar-refractivity contribution in [3.63, 3.8) is 0 Å². The predicted octanol–water partition coefficient (Wildman–Crippen LogP) is 3.23. The van der Waals surface area contributed by atoms with Gasteiger partial charge in [0.25, 0.3) is 0 Å². The summed E-state index contributed by atoms with van der Waals surface area (Å²) in [6.45, 7) is 8.97. The Labute approximate surface area is 113 Å². The molecule has 0 atom stereocenters. The van der Waals surface area contributed by atoms with E-state index in [0.717, 1.165) is 5.56 Å². The lowest BCUT2D eigenvalue weighted by molar-refractivity contribution is 0.0635. The summed E-state index contributed by atoms with van der Waals surface area (Å²) in [4.78, 5) is 15.7. The summed E-state index contributed by atoms with van der Waals surface area (Å²) in [6, 6.07) is 5.63. The summed E-state index contributed by atoms with van der Waals surface area (Å²) < 4.78 is 5.14. The number of nitrogens with zero attached hydrogens (tertiary/aromatic N) is 2. The van der Waals surface area contributed by atoms with Gasteiger partial charge in [-0.3, -0.25) is 5.32 Å². The molecule has 0 aromatic carbocycles. The highest BCUT2D eigenvalue weighted by Crippen LogP contribution is 2.23. The molecule has 1 aromatic heterocycles. The first-order valence-corrected chi connectivity index (χ1v) is 6.02. The second kappa shape index (κ2) is 5.27. The summed E-state index contributed by atoms with van der Waals surface area (Å²) in [7, 11) is 0. The molecule has 0 unspecified atom stereocenters. The van der Waals surface area contributed by atoms with E-state index in [1.54, 1.807) is 52.9 Å². The van der Waals surface area contributed by atoms with Crippen molar-refractivity contribution in [2.75, 3.05) is 5.32 Å². The Morgan fingerprint density at radius 3 is 2.53 bits per heavy atom. The lowest BCUT2D eigenvalue weighted by atomic mass is 9.87. The molecule has 0 saturated heterocycles. The van der Waals surface area contributed by atoms with E-state index in [0.29, 0.717) is 5.82 Å². The van der Waals surface area contributed by atoms with Crippen LogP contribution in [0, 0.1) is 11.3 Å². The van der Waals surface area contributed by atoms with Gasteiger partial charge in [-0.25, -0.2) is 9.78 Å². The van der Waals surface area contributed by atoms with Gasteiger partial charge in [0.05, 0.1) is 11.5 Å². The average molecular weight is 261 g/mol. The number of carbonyl (C=O) groups is 1. The largest absolute Gasteiger partial charge is 0.444 e. The lowest BCUT2D eigenvalue weighted by Gasteiger charge is -2.20. The highest BCUT2D eigenvalue weighted by atomic mass is 16.6. The monoisotopic (exact) mass is 261 g/mol. The van der Waals surface area contributed by atoms with Crippen LogP contribution < -0.4 is 5.32 Å². The number of nitrogens with one attached hydrogen (secondary N) is 1. The minimum absolute atomic E-state index is 0.370. The Kier molecular flexibility index (Phi) is 4.15. The first-order valence-electron chi connectivity index (χ1n) is 6.02. The topological polar surface area (TPSA) is 75.0 Å². The maximum Gasteiger partial charge on any atom is 0.413 e. The molecule has 0 fully saturated rings. The highest BCUT2D eigenvalue weighted by molar-refractivity contribution is 5.83. The maximum absolute atomic E-state index is 11.6. The number of rotatable bonds is 2. The number of pyridine rings is 1. The molecule has 102 valence electrons. The van der Waals surface area contributed by atoms with Crippen LogP contribution in [-0.4, -0.2) is 16.7 Å². The van der Waals surface area contributed by atoms with Crippen LogP contribution >= 0.6 is 0 Å². The zero-order valence-electron chi connectivity index (χ0n) is 11.9. The van der Waals surface area contributed by atoms with Crippen LogP contribution in [0.3, 0.4) is 0 Å². The highest BCUT2D eigenvalue weighted by Gasteiger charge is 2.21. The van der Waals surface area contributed by atoms with Gasteiger partial charge in [-0.2, -0.15) is 5.26 Å². The SMILES string of the molecule is CC(C)(C)OC(=O)Nc1cc(C(C)(C)C#N)ccn1. The van der Waals surface area contributed by atoms with Gasteiger partial charge in [-0.15, -0.1) is 0 Å². The lowest BCUT2D eigenvalue weighted by Crippen LogP contribution is -2.27. The number of nitriles is 1. The van der Waals surface area contributed by atoms with Crippen LogP contribution in [0.4, 0.5) is 10.6 Å². The Morgan fingerprint density at radius 2 is 2.00 bits per heavy atom. The molecular weight excluding hydrogens is 242 g/mol. The van der Waals surface area contributed by atoms with Crippen LogP contribution in [0.5, 0.6) is 0 Å². The summed E-state index contributed by atoms with van der Waals surface area (Å²) in [5.74, 6) is 0.370. The molecule has 0 aliphatic rings. The zero-order chi connectivity index (χ0) is 14.7. The molecular formula is C14H19N3O2. The number of hydrogen-bond donors (Lipinski definition) is 1. The van der Waals surface area contributed by atoms with Gasteiger partial charge >= 0.3 is 6.09 Å². The molecule has 0 saturated carbocycles. The van der Waals surface area contributed by atoms with E-state index in [2.05, 4.69) is 16.4 Å². The van der Waals surface area contributed by atoms with Crippen molar-refractivity contribution in [3.05, 3.63) is 23.9 Å². The van der Waals surface area contributed by atoms with Gasteiger partial charge in [0, 0.05) is 6.20 Å². The number of aromatic nitrogens is 1. The molecule has 1 N–H and O–H groups in total. The molecule has 0 bridgehead atoms. The van der Waals surface area contributed by atoms with Gasteiger partial charge in [0.2, 0.25) is 0 Å². The molecule has 0 aliphatic carbocycles. The van der Waals surface area contributed by atoms with Crippen molar-refractivity contribution in [2.45, 2.75) is 45.6 Å². The third kappa shape index (κ3) is 4.59. The Bertz CT molecular complexity index is 510. The van der Waals surface area contributed by atoms with Crippen LogP contribution in [0.25, 0.3) is 0 Å². The fourth-order valence-corrected chi connectivity index (χ4v) is 1.36. The number of anilines is 1. The molecule has 19 heavy (non-hydrogen) atoms. The quantitative estimate of drug-likeness (QED) is 0.886. The van der Waals surface area contributed by atoms with E-state index in [9.17, 15) is 4.79 Å². The maximum atomic E-state index is 11.6. The van der Waals surface area contributed by atoms with E-state index in [4.69, 9.17) is 10.00 Å². The minimum Gasteiger partial charge on any atom is -0.444 e. The standard InChI is InChI=1S/C14H19N3O2/c1-13(2,3)19-12(18)17-11-8-10(6-7-16-11)14(4,5)9-15/h6-8H,1-5H3,(H,16,17,18). The van der Waals surface area contributed by atoms with Gasteiger partial charge in [0.1, 0.15) is 11.4 Å². The molecule has 5 nitrogen and oxygen atoms in total. The second-order valence-corrected chi connectivity index (χ2v) is 5.79. The third-order valence-corrected chi connectivity index (χ3v) is 2.39. The second-order valence-electron chi connectivity index (χ2n) is 5.79. The third-order valence-electron chi connectivity index (χ3n) is 2.39. The summed E-state index contributed by atoms with van der Waals surface area (Å²) in [6.07, 6.45) is 0.994. The molecule has 0 radical (unpaired) electrons. The number of carbonyl (C=O) groups excluding carboxylic acids is 1. The van der Waals surface area contributed by atoms with Gasteiger partial charge in [-0.1, -0.05) is 0 Å². The molecule has 5 heteroatoms. The molecule has 0 aliphatic heterocycles. The Balaban J connectivity index is 2.85. The van der Waals surface area contributed by atoms with Crippen molar-refractivity contribution in [3.8, 4) is 6.07 Å². The number of amides is 1. The van der Waals surface area contributed by atoms with E-state index in [-0.39, 0.29) is 0 Å².